The highest BCUT2D eigenvalue weighted by Gasteiger charge is 2.35. The summed E-state index contributed by atoms with van der Waals surface area (Å²) in [5.41, 5.74) is 5.86. The zero-order valence-corrected chi connectivity index (χ0v) is 13.9. The highest BCUT2D eigenvalue weighted by atomic mass is 35.5. The largest absolute Gasteiger partial charge is 0.328 e. The molecule has 2 heterocycles. The molecule has 1 aromatic rings. The molecule has 2 N–H and O–H groups in total. The molecule has 1 aliphatic heterocycles. The van der Waals surface area contributed by atoms with E-state index in [0.717, 1.165) is 16.2 Å². The minimum Gasteiger partial charge on any atom is -0.328 e. The van der Waals surface area contributed by atoms with Gasteiger partial charge in [0.2, 0.25) is 10.0 Å². The van der Waals surface area contributed by atoms with Gasteiger partial charge in [0.25, 0.3) is 0 Å². The lowest BCUT2D eigenvalue weighted by atomic mass is 10.0. The first-order valence-electron chi connectivity index (χ1n) is 6.15. The van der Waals surface area contributed by atoms with Crippen molar-refractivity contribution in [3.8, 4) is 0 Å². The summed E-state index contributed by atoms with van der Waals surface area (Å²) in [4.78, 5) is 2.38. The van der Waals surface area contributed by atoms with E-state index in [2.05, 4.69) is 0 Å². The Morgan fingerprint density at radius 1 is 1.47 bits per heavy atom. The Labute approximate surface area is 125 Å². The predicted octanol–water partition coefficient (Wildman–Crippen LogP) is 2.14. The van der Waals surface area contributed by atoms with Crippen LogP contribution in [0.2, 0.25) is 0 Å². The van der Waals surface area contributed by atoms with E-state index in [1.807, 2.05) is 20.8 Å². The van der Waals surface area contributed by atoms with Crippen LogP contribution in [0.5, 0.6) is 0 Å². The third-order valence-corrected chi connectivity index (χ3v) is 6.63. The zero-order chi connectivity index (χ0) is 13.5. The van der Waals surface area contributed by atoms with Crippen molar-refractivity contribution in [1.29, 1.82) is 0 Å². The average molecular weight is 325 g/mol. The van der Waals surface area contributed by atoms with E-state index in [-0.39, 0.29) is 24.4 Å². The standard InChI is InChI=1S/C12H20N2O2S2.ClH/c1-8-6-12(10(3)17-8)18(15,16)14-5-4-11(7-14)9(2)13;/h6,9,11H,4-5,7,13H2,1-3H3;1H. The first-order chi connectivity index (χ1) is 8.32. The molecule has 19 heavy (non-hydrogen) atoms. The molecule has 2 atom stereocenters. The van der Waals surface area contributed by atoms with E-state index < -0.39 is 10.0 Å². The Hall–Kier alpha value is -0.140. The second-order valence-electron chi connectivity index (χ2n) is 5.05. The van der Waals surface area contributed by atoms with Crippen molar-refractivity contribution in [1.82, 2.24) is 4.31 Å². The average Bonchev–Trinajstić information content (AvgIpc) is 2.85. The maximum absolute atomic E-state index is 12.5. The molecule has 0 bridgehead atoms. The highest BCUT2D eigenvalue weighted by molar-refractivity contribution is 7.89. The number of sulfonamides is 1. The van der Waals surface area contributed by atoms with Gasteiger partial charge in [0.15, 0.2) is 0 Å². The second kappa shape index (κ2) is 6.10. The van der Waals surface area contributed by atoms with Gasteiger partial charge in [-0.1, -0.05) is 0 Å². The molecule has 0 saturated carbocycles. The van der Waals surface area contributed by atoms with E-state index in [1.54, 1.807) is 10.4 Å². The number of nitrogens with two attached hydrogens (primary N) is 1. The van der Waals surface area contributed by atoms with Crippen LogP contribution in [0.3, 0.4) is 0 Å². The molecule has 1 fully saturated rings. The first-order valence-corrected chi connectivity index (χ1v) is 8.41. The lowest BCUT2D eigenvalue weighted by molar-refractivity contribution is 0.429. The Balaban J connectivity index is 0.00000180. The number of hydrogen-bond donors (Lipinski definition) is 1. The molecule has 1 aliphatic rings. The molecule has 0 amide bonds. The van der Waals surface area contributed by atoms with Crippen LogP contribution < -0.4 is 5.73 Å². The summed E-state index contributed by atoms with van der Waals surface area (Å²) in [6.07, 6.45) is 0.860. The molecular weight excluding hydrogens is 304 g/mol. The minimum absolute atomic E-state index is 0. The van der Waals surface area contributed by atoms with Crippen LogP contribution in [-0.4, -0.2) is 31.9 Å². The van der Waals surface area contributed by atoms with Gasteiger partial charge in [0, 0.05) is 28.9 Å². The first kappa shape index (κ1) is 16.9. The quantitative estimate of drug-likeness (QED) is 0.926. The van der Waals surface area contributed by atoms with Crippen LogP contribution in [0.4, 0.5) is 0 Å². The molecule has 0 aliphatic carbocycles. The van der Waals surface area contributed by atoms with Gasteiger partial charge in [-0.2, -0.15) is 4.31 Å². The van der Waals surface area contributed by atoms with E-state index in [1.165, 1.54) is 11.3 Å². The highest BCUT2D eigenvalue weighted by Crippen LogP contribution is 2.31. The van der Waals surface area contributed by atoms with Gasteiger partial charge in [-0.3, -0.25) is 0 Å². The normalized spacial score (nSPS) is 22.2. The fraction of sp³-hybridized carbons (Fsp3) is 0.667. The van der Waals surface area contributed by atoms with E-state index in [0.29, 0.717) is 18.0 Å². The number of nitrogens with zero attached hydrogens (tertiary/aromatic N) is 1. The molecule has 1 aromatic heterocycles. The fourth-order valence-corrected chi connectivity index (χ4v) is 5.44. The smallest absolute Gasteiger partial charge is 0.244 e. The van der Waals surface area contributed by atoms with Gasteiger partial charge in [0.05, 0.1) is 4.90 Å². The maximum Gasteiger partial charge on any atom is 0.244 e. The van der Waals surface area contributed by atoms with Crippen LogP contribution in [0.25, 0.3) is 0 Å². The van der Waals surface area contributed by atoms with Crippen LogP contribution in [0, 0.1) is 19.8 Å². The minimum atomic E-state index is -3.33. The third kappa shape index (κ3) is 3.31. The van der Waals surface area contributed by atoms with Gasteiger partial charge >= 0.3 is 0 Å². The monoisotopic (exact) mass is 324 g/mol. The Morgan fingerprint density at radius 2 is 2.11 bits per heavy atom. The maximum atomic E-state index is 12.5. The van der Waals surface area contributed by atoms with Crippen molar-refractivity contribution < 1.29 is 8.42 Å². The van der Waals surface area contributed by atoms with E-state index in [9.17, 15) is 8.42 Å². The number of aryl methyl sites for hydroxylation is 2. The van der Waals surface area contributed by atoms with Gasteiger partial charge in [-0.05, 0) is 39.2 Å². The summed E-state index contributed by atoms with van der Waals surface area (Å²) in [5, 5.41) is 0. The number of hydrogen-bond acceptors (Lipinski definition) is 4. The van der Waals surface area contributed by atoms with Crippen molar-refractivity contribution in [3.63, 3.8) is 0 Å². The van der Waals surface area contributed by atoms with E-state index >= 15 is 0 Å². The molecule has 2 unspecified atom stereocenters. The third-order valence-electron chi connectivity index (χ3n) is 3.54. The predicted molar refractivity (Wildman–Crippen MR) is 81.6 cm³/mol. The molecular formula is C12H21ClN2O2S2. The van der Waals surface area contributed by atoms with Crippen molar-refractivity contribution in [2.24, 2.45) is 11.7 Å². The molecule has 7 heteroatoms. The van der Waals surface area contributed by atoms with Crippen molar-refractivity contribution in [2.45, 2.75) is 38.1 Å². The summed E-state index contributed by atoms with van der Waals surface area (Å²) < 4.78 is 26.6. The molecule has 2 rings (SSSR count). The van der Waals surface area contributed by atoms with Crippen molar-refractivity contribution in [2.75, 3.05) is 13.1 Å². The Kier molecular flexibility index (Phi) is 5.43. The van der Waals surface area contributed by atoms with Gasteiger partial charge in [-0.25, -0.2) is 8.42 Å². The molecule has 0 aromatic carbocycles. The van der Waals surface area contributed by atoms with Crippen LogP contribution in [0.1, 0.15) is 23.1 Å². The van der Waals surface area contributed by atoms with E-state index in [4.69, 9.17) is 5.73 Å². The molecule has 4 nitrogen and oxygen atoms in total. The SMILES string of the molecule is Cc1cc(S(=O)(=O)N2CCC(C(C)N)C2)c(C)s1.Cl. The summed E-state index contributed by atoms with van der Waals surface area (Å²) in [6.45, 7) is 6.88. The molecule has 0 spiro atoms. The summed E-state index contributed by atoms with van der Waals surface area (Å²) >= 11 is 1.53. The summed E-state index contributed by atoms with van der Waals surface area (Å²) in [6, 6.07) is 1.82. The molecule has 1 saturated heterocycles. The number of rotatable bonds is 3. The van der Waals surface area contributed by atoms with Crippen LogP contribution in [0.15, 0.2) is 11.0 Å². The van der Waals surface area contributed by atoms with Gasteiger partial charge in [-0.15, -0.1) is 23.7 Å². The van der Waals surface area contributed by atoms with Crippen molar-refractivity contribution in [3.05, 3.63) is 15.8 Å². The topological polar surface area (TPSA) is 63.4 Å². The molecule has 110 valence electrons. The summed E-state index contributed by atoms with van der Waals surface area (Å²) in [5.74, 6) is 0.278. The second-order valence-corrected chi connectivity index (χ2v) is 8.42. The fourth-order valence-electron chi connectivity index (χ4n) is 2.40. The number of thiophene rings is 1. The van der Waals surface area contributed by atoms with Crippen LogP contribution >= 0.6 is 23.7 Å². The van der Waals surface area contributed by atoms with Gasteiger partial charge < -0.3 is 5.73 Å². The van der Waals surface area contributed by atoms with Crippen molar-refractivity contribution >= 4 is 33.8 Å². The lowest BCUT2D eigenvalue weighted by Crippen LogP contribution is -2.33. The lowest BCUT2D eigenvalue weighted by Gasteiger charge is -2.17. The number of halogens is 1. The molecule has 0 radical (unpaired) electrons. The zero-order valence-electron chi connectivity index (χ0n) is 11.4. The van der Waals surface area contributed by atoms with Crippen LogP contribution in [-0.2, 0) is 10.0 Å². The van der Waals surface area contributed by atoms with Gasteiger partial charge in [0.1, 0.15) is 0 Å². The Morgan fingerprint density at radius 3 is 2.53 bits per heavy atom. The summed E-state index contributed by atoms with van der Waals surface area (Å²) in [7, 11) is -3.33. The Bertz CT molecular complexity index is 540.